The number of benzene rings is 2. The summed E-state index contributed by atoms with van der Waals surface area (Å²) >= 11 is 0. The summed E-state index contributed by atoms with van der Waals surface area (Å²) in [6.07, 6.45) is 1.77. The van der Waals surface area contributed by atoms with E-state index in [-0.39, 0.29) is 35.8 Å². The van der Waals surface area contributed by atoms with Gasteiger partial charge < -0.3 is 19.7 Å². The molecule has 1 saturated carbocycles. The predicted octanol–water partition coefficient (Wildman–Crippen LogP) is 7.74. The number of hydrogen-bond donors (Lipinski definition) is 2. The van der Waals surface area contributed by atoms with E-state index in [9.17, 15) is 23.1 Å². The Labute approximate surface area is 231 Å². The zero-order chi connectivity index (χ0) is 29.2. The van der Waals surface area contributed by atoms with Gasteiger partial charge in [0.2, 0.25) is 0 Å². The molecule has 0 amide bonds. The Morgan fingerprint density at radius 3 is 2.55 bits per heavy atom. The molecule has 216 valence electrons. The zero-order valence-corrected chi connectivity index (χ0v) is 22.7. The van der Waals surface area contributed by atoms with Crippen LogP contribution in [0.4, 0.5) is 17.6 Å². The Bertz CT molecular complexity index is 1300. The summed E-state index contributed by atoms with van der Waals surface area (Å²) in [5.74, 6) is -2.22. The van der Waals surface area contributed by atoms with Crippen LogP contribution in [-0.2, 0) is 16.1 Å². The van der Waals surface area contributed by atoms with Crippen LogP contribution in [0.25, 0.3) is 11.1 Å². The van der Waals surface area contributed by atoms with Gasteiger partial charge in [0.05, 0.1) is 18.3 Å². The Balaban J connectivity index is 1.63. The Kier molecular flexibility index (Phi) is 8.63. The van der Waals surface area contributed by atoms with Gasteiger partial charge in [-0.3, -0.25) is 4.79 Å². The Hall–Kier alpha value is -3.33. The highest BCUT2D eigenvalue weighted by atomic mass is 19.4. The lowest BCUT2D eigenvalue weighted by Gasteiger charge is -2.31. The van der Waals surface area contributed by atoms with Gasteiger partial charge in [0.1, 0.15) is 18.2 Å². The molecule has 2 aliphatic rings. The lowest BCUT2D eigenvalue weighted by Crippen LogP contribution is -2.30. The summed E-state index contributed by atoms with van der Waals surface area (Å²) in [7, 11) is 0. The Morgan fingerprint density at radius 1 is 1.15 bits per heavy atom. The fourth-order valence-electron chi connectivity index (χ4n) is 5.96. The molecule has 2 aromatic rings. The first-order valence-corrected chi connectivity index (χ1v) is 13.3. The smallest absolute Gasteiger partial charge is 0.493 e. The fourth-order valence-corrected chi connectivity index (χ4v) is 5.96. The van der Waals surface area contributed by atoms with Crippen LogP contribution in [0.3, 0.4) is 0 Å². The molecule has 5 nitrogen and oxygen atoms in total. The summed E-state index contributed by atoms with van der Waals surface area (Å²) in [5.41, 5.74) is 2.10. The molecule has 0 heterocycles. The number of aliphatic hydroxyl groups is 1. The summed E-state index contributed by atoms with van der Waals surface area (Å²) in [5, 5.41) is 19.4. The zero-order valence-electron chi connectivity index (χ0n) is 22.7. The fraction of sp³-hybridized carbons (Fsp3) is 0.452. The molecular formula is C31H34F4O5. The summed E-state index contributed by atoms with van der Waals surface area (Å²) in [6, 6.07) is 8.45. The van der Waals surface area contributed by atoms with Crippen LogP contribution in [0.1, 0.15) is 63.5 Å². The topological polar surface area (TPSA) is 76.0 Å². The van der Waals surface area contributed by atoms with Gasteiger partial charge in [0.15, 0.2) is 0 Å². The van der Waals surface area contributed by atoms with Gasteiger partial charge in [-0.1, -0.05) is 57.5 Å². The van der Waals surface area contributed by atoms with Crippen molar-refractivity contribution in [3.8, 4) is 16.9 Å². The monoisotopic (exact) mass is 562 g/mol. The summed E-state index contributed by atoms with van der Waals surface area (Å²) < 4.78 is 63.8. The molecule has 0 aromatic heterocycles. The average Bonchev–Trinajstić information content (AvgIpc) is 3.22. The van der Waals surface area contributed by atoms with E-state index in [4.69, 9.17) is 9.84 Å². The van der Waals surface area contributed by atoms with E-state index < -0.39 is 35.9 Å². The van der Waals surface area contributed by atoms with Crippen LogP contribution in [0.2, 0.25) is 0 Å². The van der Waals surface area contributed by atoms with Crippen molar-refractivity contribution < 1.29 is 42.0 Å². The SMILES string of the molecule is CC1C(OCc2ccc(-c3cc(OC(F)(F)F)ccc3F)c([C@@H]3CCCC3(C)C)c2)=CC=CC1[C@H](O)CC(=O)O. The van der Waals surface area contributed by atoms with Crippen molar-refractivity contribution in [2.24, 2.45) is 17.3 Å². The lowest BCUT2D eigenvalue weighted by molar-refractivity contribution is -0.274. The third-order valence-corrected chi connectivity index (χ3v) is 8.06. The van der Waals surface area contributed by atoms with Crippen molar-refractivity contribution in [1.29, 1.82) is 0 Å². The second kappa shape index (κ2) is 11.6. The van der Waals surface area contributed by atoms with Gasteiger partial charge in [-0.05, 0) is 65.1 Å². The van der Waals surface area contributed by atoms with Crippen LogP contribution < -0.4 is 4.74 Å². The highest BCUT2D eigenvalue weighted by molar-refractivity contribution is 5.71. The molecular weight excluding hydrogens is 528 g/mol. The molecule has 0 saturated heterocycles. The van der Waals surface area contributed by atoms with Crippen molar-refractivity contribution >= 4 is 5.97 Å². The third kappa shape index (κ3) is 6.86. The minimum atomic E-state index is -4.89. The number of rotatable bonds is 9. The molecule has 0 bridgehead atoms. The highest BCUT2D eigenvalue weighted by Crippen LogP contribution is 2.51. The third-order valence-electron chi connectivity index (χ3n) is 8.06. The molecule has 2 aromatic carbocycles. The minimum Gasteiger partial charge on any atom is -0.493 e. The van der Waals surface area contributed by atoms with E-state index in [1.165, 1.54) is 0 Å². The number of ether oxygens (including phenoxy) is 2. The van der Waals surface area contributed by atoms with Crippen LogP contribution in [0, 0.1) is 23.1 Å². The minimum absolute atomic E-state index is 0.0379. The number of carboxylic acid groups (broad SMARTS) is 1. The average molecular weight is 563 g/mol. The predicted molar refractivity (Wildman–Crippen MR) is 142 cm³/mol. The maximum Gasteiger partial charge on any atom is 0.573 e. The highest BCUT2D eigenvalue weighted by Gasteiger charge is 2.37. The first-order chi connectivity index (χ1) is 18.7. The lowest BCUT2D eigenvalue weighted by atomic mass is 9.75. The second-order valence-corrected chi connectivity index (χ2v) is 11.3. The summed E-state index contributed by atoms with van der Waals surface area (Å²) in [4.78, 5) is 11.1. The van der Waals surface area contributed by atoms with E-state index in [1.54, 1.807) is 30.4 Å². The molecule has 4 rings (SSSR count). The van der Waals surface area contributed by atoms with E-state index in [0.717, 1.165) is 48.6 Å². The Morgan fingerprint density at radius 2 is 1.90 bits per heavy atom. The first-order valence-electron chi connectivity index (χ1n) is 13.3. The van der Waals surface area contributed by atoms with Gasteiger partial charge in [-0.15, -0.1) is 13.2 Å². The first kappa shape index (κ1) is 29.6. The maximum absolute atomic E-state index is 15.0. The molecule has 0 radical (unpaired) electrons. The van der Waals surface area contributed by atoms with E-state index in [1.807, 2.05) is 13.0 Å². The standard InChI is InChI=1S/C31H34F4O5/c1-18-21(27(36)16-29(37)38)6-4-8-28(18)39-17-19-9-11-22(23(14-19)25-7-5-13-30(25,2)3)24-15-20(10-12-26(24)32)40-31(33,34)35/h4,6,8-12,14-15,18,21,25,27,36H,5,7,13,16-17H2,1-3H3,(H,37,38)/t18?,21?,25-,27+/m0/s1. The van der Waals surface area contributed by atoms with Crippen molar-refractivity contribution in [1.82, 2.24) is 0 Å². The molecule has 2 N–H and O–H groups in total. The largest absolute Gasteiger partial charge is 0.573 e. The van der Waals surface area contributed by atoms with Gasteiger partial charge in [-0.25, -0.2) is 4.39 Å². The van der Waals surface area contributed by atoms with Crippen molar-refractivity contribution in [3.63, 3.8) is 0 Å². The molecule has 0 aliphatic heterocycles. The number of aliphatic carboxylic acids is 1. The number of allylic oxidation sites excluding steroid dienone is 3. The van der Waals surface area contributed by atoms with Crippen LogP contribution in [0.15, 0.2) is 60.4 Å². The van der Waals surface area contributed by atoms with E-state index in [2.05, 4.69) is 18.6 Å². The number of carbonyl (C=O) groups is 1. The molecule has 1 fully saturated rings. The maximum atomic E-state index is 15.0. The quantitative estimate of drug-likeness (QED) is 0.306. The second-order valence-electron chi connectivity index (χ2n) is 11.3. The van der Waals surface area contributed by atoms with Gasteiger partial charge in [0.25, 0.3) is 0 Å². The van der Waals surface area contributed by atoms with Crippen molar-refractivity contribution in [2.45, 2.75) is 71.4 Å². The number of aliphatic hydroxyl groups excluding tert-OH is 1. The van der Waals surface area contributed by atoms with Gasteiger partial charge in [0, 0.05) is 17.4 Å². The summed E-state index contributed by atoms with van der Waals surface area (Å²) in [6.45, 7) is 6.31. The molecule has 4 atom stereocenters. The van der Waals surface area contributed by atoms with Crippen LogP contribution in [0.5, 0.6) is 5.75 Å². The van der Waals surface area contributed by atoms with Gasteiger partial charge >= 0.3 is 12.3 Å². The molecule has 2 aliphatic carbocycles. The number of hydrogen-bond acceptors (Lipinski definition) is 4. The number of halogens is 4. The number of alkyl halides is 3. The molecule has 9 heteroatoms. The van der Waals surface area contributed by atoms with Crippen molar-refractivity contribution in [3.05, 3.63) is 77.3 Å². The molecule has 40 heavy (non-hydrogen) atoms. The van der Waals surface area contributed by atoms with Crippen LogP contribution >= 0.6 is 0 Å². The van der Waals surface area contributed by atoms with E-state index >= 15 is 4.39 Å². The van der Waals surface area contributed by atoms with Crippen molar-refractivity contribution in [2.75, 3.05) is 0 Å². The molecule has 2 unspecified atom stereocenters. The molecule has 0 spiro atoms. The van der Waals surface area contributed by atoms with E-state index in [0.29, 0.717) is 11.3 Å². The normalized spacial score (nSPS) is 23.0. The van der Waals surface area contributed by atoms with Crippen LogP contribution in [-0.4, -0.2) is 28.6 Å². The number of carboxylic acids is 1. The van der Waals surface area contributed by atoms with Gasteiger partial charge in [-0.2, -0.15) is 0 Å².